The van der Waals surface area contributed by atoms with Crippen LogP contribution in [0.25, 0.3) is 0 Å². The van der Waals surface area contributed by atoms with Gasteiger partial charge in [0.1, 0.15) is 11.5 Å². The van der Waals surface area contributed by atoms with Gasteiger partial charge in [0.05, 0.1) is 32.9 Å². The lowest BCUT2D eigenvalue weighted by atomic mass is 10.3. The Labute approximate surface area is 146 Å². The number of benzene rings is 1. The molecule has 1 aromatic carbocycles. The quantitative estimate of drug-likeness (QED) is 0.742. The van der Waals surface area contributed by atoms with Crippen LogP contribution < -0.4 is 10.1 Å². The lowest BCUT2D eigenvalue weighted by Gasteiger charge is -2.22. The fourth-order valence-electron chi connectivity index (χ4n) is 2.18. The van der Waals surface area contributed by atoms with Gasteiger partial charge in [-0.1, -0.05) is 0 Å². The number of urea groups is 1. The summed E-state index contributed by atoms with van der Waals surface area (Å²) in [5, 5.41) is 2.80. The summed E-state index contributed by atoms with van der Waals surface area (Å²) in [6.07, 6.45) is 1.66. The van der Waals surface area contributed by atoms with Crippen LogP contribution in [0.4, 0.5) is 10.5 Å². The van der Waals surface area contributed by atoms with E-state index in [1.807, 2.05) is 0 Å². The highest BCUT2D eigenvalue weighted by molar-refractivity contribution is 5.89. The second-order valence-electron chi connectivity index (χ2n) is 5.21. The molecule has 0 unspecified atom stereocenters. The number of methoxy groups -OCH3 is 1. The molecule has 0 spiro atoms. The van der Waals surface area contributed by atoms with Crippen LogP contribution in [0.5, 0.6) is 5.75 Å². The normalized spacial score (nSPS) is 10.2. The zero-order chi connectivity index (χ0) is 18.1. The number of ether oxygens (including phenoxy) is 2. The first-order valence-corrected chi connectivity index (χ1v) is 8.00. The van der Waals surface area contributed by atoms with Crippen LogP contribution in [0.15, 0.2) is 47.1 Å². The van der Waals surface area contributed by atoms with E-state index in [0.717, 1.165) is 0 Å². The monoisotopic (exact) mass is 346 g/mol. The van der Waals surface area contributed by atoms with Crippen LogP contribution >= 0.6 is 0 Å². The van der Waals surface area contributed by atoms with Crippen LogP contribution in [0.3, 0.4) is 0 Å². The van der Waals surface area contributed by atoms with Crippen LogP contribution in [-0.4, -0.2) is 37.2 Å². The molecule has 134 valence electrons. The Morgan fingerprint density at radius 3 is 2.56 bits per heavy atom. The van der Waals surface area contributed by atoms with Gasteiger partial charge in [0.25, 0.3) is 0 Å². The molecule has 0 saturated carbocycles. The standard InChI is InChI=1S/C18H22N2O5/c1-3-24-17(21)10-11-20(13-16-5-4-12-25-16)18(22)19-14-6-8-15(23-2)9-7-14/h4-9,12H,3,10-11,13H2,1-2H3,(H,19,22). The molecular formula is C18H22N2O5. The highest BCUT2D eigenvalue weighted by Gasteiger charge is 2.17. The maximum atomic E-state index is 12.6. The van der Waals surface area contributed by atoms with Crippen LogP contribution in [-0.2, 0) is 16.1 Å². The van der Waals surface area contributed by atoms with Gasteiger partial charge in [0.2, 0.25) is 0 Å². The molecule has 0 fully saturated rings. The fraction of sp³-hybridized carbons (Fsp3) is 0.333. The molecule has 2 aromatic rings. The van der Waals surface area contributed by atoms with E-state index >= 15 is 0 Å². The van der Waals surface area contributed by atoms with E-state index < -0.39 is 0 Å². The number of amides is 2. The minimum Gasteiger partial charge on any atom is -0.497 e. The van der Waals surface area contributed by atoms with Crippen molar-refractivity contribution in [2.75, 3.05) is 25.6 Å². The first-order chi connectivity index (χ1) is 12.1. The molecular weight excluding hydrogens is 324 g/mol. The van der Waals surface area contributed by atoms with Gasteiger partial charge < -0.3 is 24.1 Å². The zero-order valence-corrected chi connectivity index (χ0v) is 14.4. The minimum absolute atomic E-state index is 0.116. The molecule has 0 aliphatic rings. The number of nitrogens with one attached hydrogen (secondary N) is 1. The van der Waals surface area contributed by atoms with Crippen molar-refractivity contribution in [2.24, 2.45) is 0 Å². The SMILES string of the molecule is CCOC(=O)CCN(Cc1ccco1)C(=O)Nc1ccc(OC)cc1. The first kappa shape index (κ1) is 18.4. The summed E-state index contributed by atoms with van der Waals surface area (Å²) in [5.41, 5.74) is 0.631. The Morgan fingerprint density at radius 1 is 1.20 bits per heavy atom. The Morgan fingerprint density at radius 2 is 1.96 bits per heavy atom. The maximum Gasteiger partial charge on any atom is 0.322 e. The van der Waals surface area contributed by atoms with Crippen molar-refractivity contribution in [3.8, 4) is 5.75 Å². The van der Waals surface area contributed by atoms with E-state index in [-0.39, 0.29) is 31.5 Å². The molecule has 1 N–H and O–H groups in total. The predicted octanol–water partition coefficient (Wildman–Crippen LogP) is 3.28. The molecule has 0 aliphatic carbocycles. The Hall–Kier alpha value is -2.96. The summed E-state index contributed by atoms with van der Waals surface area (Å²) >= 11 is 0. The van der Waals surface area contributed by atoms with Gasteiger partial charge in [-0.2, -0.15) is 0 Å². The number of anilines is 1. The molecule has 0 radical (unpaired) electrons. The third kappa shape index (κ3) is 5.87. The van der Waals surface area contributed by atoms with E-state index in [1.165, 1.54) is 4.90 Å². The molecule has 0 saturated heterocycles. The number of carbonyl (C=O) groups excluding carboxylic acids is 2. The highest BCUT2D eigenvalue weighted by atomic mass is 16.5. The molecule has 0 atom stereocenters. The number of rotatable bonds is 8. The Kier molecular flexibility index (Phi) is 6.88. The van der Waals surface area contributed by atoms with E-state index in [1.54, 1.807) is 56.7 Å². The number of hydrogen-bond donors (Lipinski definition) is 1. The van der Waals surface area contributed by atoms with E-state index in [2.05, 4.69) is 5.32 Å². The van der Waals surface area contributed by atoms with Crippen molar-refractivity contribution in [1.29, 1.82) is 0 Å². The summed E-state index contributed by atoms with van der Waals surface area (Å²) in [7, 11) is 1.58. The van der Waals surface area contributed by atoms with Crippen LogP contribution in [0, 0.1) is 0 Å². The van der Waals surface area contributed by atoms with E-state index in [4.69, 9.17) is 13.9 Å². The molecule has 2 rings (SSSR count). The van der Waals surface area contributed by atoms with Gasteiger partial charge in [-0.15, -0.1) is 0 Å². The molecule has 25 heavy (non-hydrogen) atoms. The van der Waals surface area contributed by atoms with Gasteiger partial charge in [0.15, 0.2) is 0 Å². The second-order valence-corrected chi connectivity index (χ2v) is 5.21. The predicted molar refractivity (Wildman–Crippen MR) is 92.4 cm³/mol. The number of carbonyl (C=O) groups is 2. The highest BCUT2D eigenvalue weighted by Crippen LogP contribution is 2.16. The van der Waals surface area contributed by atoms with Gasteiger partial charge in [-0.25, -0.2) is 4.79 Å². The molecule has 1 heterocycles. The number of furan rings is 1. The van der Waals surface area contributed by atoms with Gasteiger partial charge in [0, 0.05) is 12.2 Å². The molecule has 0 bridgehead atoms. The van der Waals surface area contributed by atoms with Crippen LogP contribution in [0.1, 0.15) is 19.1 Å². The average molecular weight is 346 g/mol. The average Bonchev–Trinajstić information content (AvgIpc) is 3.12. The first-order valence-electron chi connectivity index (χ1n) is 8.00. The van der Waals surface area contributed by atoms with Gasteiger partial charge in [-0.05, 0) is 43.3 Å². The van der Waals surface area contributed by atoms with Crippen molar-refractivity contribution in [3.05, 3.63) is 48.4 Å². The zero-order valence-electron chi connectivity index (χ0n) is 14.4. The Balaban J connectivity index is 2.01. The number of esters is 1. The molecule has 1 aromatic heterocycles. The Bertz CT molecular complexity index is 667. The van der Waals surface area contributed by atoms with Gasteiger partial charge >= 0.3 is 12.0 Å². The third-order valence-electron chi connectivity index (χ3n) is 3.45. The summed E-state index contributed by atoms with van der Waals surface area (Å²) in [5.74, 6) is 0.991. The van der Waals surface area contributed by atoms with E-state index in [0.29, 0.717) is 23.8 Å². The number of nitrogens with zero attached hydrogens (tertiary/aromatic N) is 1. The smallest absolute Gasteiger partial charge is 0.322 e. The largest absolute Gasteiger partial charge is 0.497 e. The van der Waals surface area contributed by atoms with Crippen LogP contribution in [0.2, 0.25) is 0 Å². The molecule has 7 nitrogen and oxygen atoms in total. The summed E-state index contributed by atoms with van der Waals surface area (Å²) in [4.78, 5) is 25.6. The van der Waals surface area contributed by atoms with E-state index in [9.17, 15) is 9.59 Å². The summed E-state index contributed by atoms with van der Waals surface area (Å²) < 4.78 is 15.3. The lowest BCUT2D eigenvalue weighted by Crippen LogP contribution is -2.36. The fourth-order valence-corrected chi connectivity index (χ4v) is 2.18. The van der Waals surface area contributed by atoms with Gasteiger partial charge in [-0.3, -0.25) is 4.79 Å². The van der Waals surface area contributed by atoms with Crippen molar-refractivity contribution < 1.29 is 23.5 Å². The number of hydrogen-bond acceptors (Lipinski definition) is 5. The molecule has 2 amide bonds. The molecule has 0 aliphatic heterocycles. The second kappa shape index (κ2) is 9.36. The molecule has 7 heteroatoms. The van der Waals surface area contributed by atoms with Crippen molar-refractivity contribution in [3.63, 3.8) is 0 Å². The van der Waals surface area contributed by atoms with Crippen molar-refractivity contribution >= 4 is 17.7 Å². The third-order valence-corrected chi connectivity index (χ3v) is 3.45. The van der Waals surface area contributed by atoms with Crippen molar-refractivity contribution in [1.82, 2.24) is 4.90 Å². The minimum atomic E-state index is -0.343. The summed E-state index contributed by atoms with van der Waals surface area (Å²) in [6.45, 7) is 2.54. The maximum absolute atomic E-state index is 12.6. The lowest BCUT2D eigenvalue weighted by molar-refractivity contribution is -0.143. The topological polar surface area (TPSA) is 81.0 Å². The summed E-state index contributed by atoms with van der Waals surface area (Å²) in [6, 6.07) is 10.2. The van der Waals surface area contributed by atoms with Crippen molar-refractivity contribution in [2.45, 2.75) is 19.9 Å².